The number of hydrogen-bond acceptors (Lipinski definition) is 7. The monoisotopic (exact) mass is 598 g/mol. The van der Waals surface area contributed by atoms with E-state index in [1.54, 1.807) is 37.5 Å². The number of aromatic nitrogens is 1. The summed E-state index contributed by atoms with van der Waals surface area (Å²) in [7, 11) is -0.948. The largest absolute Gasteiger partial charge is 0.491 e. The Morgan fingerprint density at radius 2 is 1.93 bits per heavy atom. The molecule has 0 saturated heterocycles. The number of nitrogens with one attached hydrogen (secondary N) is 1. The van der Waals surface area contributed by atoms with E-state index in [9.17, 15) is 22.4 Å². The zero-order valence-electron chi connectivity index (χ0n) is 24.0. The molecule has 10 nitrogen and oxygen atoms in total. The van der Waals surface area contributed by atoms with Crippen molar-refractivity contribution in [2.24, 2.45) is 5.92 Å². The highest BCUT2D eigenvalue weighted by atomic mass is 32.2. The number of hydrogen-bond donors (Lipinski definition) is 1. The Morgan fingerprint density at radius 1 is 1.14 bits per heavy atom. The molecule has 1 N–H and O–H groups in total. The Morgan fingerprint density at radius 3 is 2.62 bits per heavy atom. The highest BCUT2D eigenvalue weighted by Gasteiger charge is 2.30. The molecule has 4 rings (SSSR count). The normalized spacial score (nSPS) is 20.1. The molecule has 42 heavy (non-hydrogen) atoms. The number of ether oxygens (including phenoxy) is 2. The number of carbonyl (C=O) groups excluding carboxylic acids is 2. The van der Waals surface area contributed by atoms with Gasteiger partial charge in [-0.3, -0.25) is 19.3 Å². The van der Waals surface area contributed by atoms with Crippen LogP contribution in [0.4, 0.5) is 10.1 Å². The van der Waals surface area contributed by atoms with Crippen molar-refractivity contribution in [3.05, 3.63) is 83.9 Å². The van der Waals surface area contributed by atoms with E-state index in [0.29, 0.717) is 6.54 Å². The average Bonchev–Trinajstić information content (AvgIpc) is 2.97. The third-order valence-corrected chi connectivity index (χ3v) is 8.58. The van der Waals surface area contributed by atoms with E-state index in [-0.39, 0.29) is 59.3 Å². The number of likely N-dealkylation sites (N-methyl/N-ethyl adjacent to an activating group) is 1. The van der Waals surface area contributed by atoms with Gasteiger partial charge >= 0.3 is 0 Å². The van der Waals surface area contributed by atoms with Gasteiger partial charge in [0.15, 0.2) is 0 Å². The molecule has 0 radical (unpaired) electrons. The maximum atomic E-state index is 13.7. The SMILES string of the molecule is CO[C@@H]1CN(C)C(=O)c2cc(NS(=O)(=O)c3cccc(F)c3)ccc2OC[C@H](C)N(C(=O)Cc2cccnc2)C[C@@H]1C. The van der Waals surface area contributed by atoms with E-state index in [1.165, 1.54) is 35.2 Å². The zero-order valence-corrected chi connectivity index (χ0v) is 24.8. The van der Waals surface area contributed by atoms with Crippen LogP contribution in [0.2, 0.25) is 0 Å². The number of benzene rings is 2. The van der Waals surface area contributed by atoms with Gasteiger partial charge in [0.25, 0.3) is 15.9 Å². The van der Waals surface area contributed by atoms with Gasteiger partial charge in [-0.05, 0) is 55.0 Å². The summed E-state index contributed by atoms with van der Waals surface area (Å²) in [6.45, 7) is 4.52. The Balaban J connectivity index is 1.65. The predicted octanol–water partition coefficient (Wildman–Crippen LogP) is 3.60. The van der Waals surface area contributed by atoms with Crippen LogP contribution in [0, 0.1) is 11.7 Å². The van der Waals surface area contributed by atoms with Crippen molar-refractivity contribution < 1.29 is 31.9 Å². The number of carbonyl (C=O) groups is 2. The van der Waals surface area contributed by atoms with Gasteiger partial charge in [0.1, 0.15) is 18.2 Å². The zero-order chi connectivity index (χ0) is 30.4. The molecule has 12 heteroatoms. The van der Waals surface area contributed by atoms with Crippen LogP contribution in [0.5, 0.6) is 5.75 Å². The number of rotatable bonds is 6. The lowest BCUT2D eigenvalue weighted by molar-refractivity contribution is -0.134. The van der Waals surface area contributed by atoms with Gasteiger partial charge in [-0.15, -0.1) is 0 Å². The van der Waals surface area contributed by atoms with Crippen LogP contribution in [0.15, 0.2) is 71.9 Å². The maximum Gasteiger partial charge on any atom is 0.261 e. The van der Waals surface area contributed by atoms with E-state index in [0.717, 1.165) is 17.7 Å². The topological polar surface area (TPSA) is 118 Å². The highest BCUT2D eigenvalue weighted by Crippen LogP contribution is 2.28. The standard InChI is InChI=1S/C30H35FN4O6S/c1-20-17-35(29(36)13-22-7-6-12-32-16-22)21(2)19-41-27-11-10-24(15-26(27)30(37)34(3)18-28(20)40-4)33-42(38,39)25-9-5-8-23(31)14-25/h5-12,14-16,20-21,28,33H,13,17-19H2,1-4H3/t20-,21-,28+/m0/s1. The van der Waals surface area contributed by atoms with Crippen LogP contribution in [0.3, 0.4) is 0 Å². The minimum absolute atomic E-state index is 0.0848. The van der Waals surface area contributed by atoms with Crippen molar-refractivity contribution in [1.82, 2.24) is 14.8 Å². The summed E-state index contributed by atoms with van der Waals surface area (Å²) in [5.74, 6) is -1.08. The maximum absolute atomic E-state index is 13.7. The molecule has 224 valence electrons. The molecule has 0 unspecified atom stereocenters. The molecule has 1 aliphatic rings. The number of halogens is 1. The molecule has 0 aliphatic carbocycles. The smallest absolute Gasteiger partial charge is 0.261 e. The summed E-state index contributed by atoms with van der Waals surface area (Å²) >= 11 is 0. The fourth-order valence-corrected chi connectivity index (χ4v) is 5.90. The van der Waals surface area contributed by atoms with E-state index in [1.807, 2.05) is 19.9 Å². The first-order valence-corrected chi connectivity index (χ1v) is 15.0. The third kappa shape index (κ3) is 7.42. The molecule has 0 fully saturated rings. The van der Waals surface area contributed by atoms with Crippen LogP contribution in [0.1, 0.15) is 29.8 Å². The minimum atomic E-state index is -4.13. The van der Waals surface area contributed by atoms with Gasteiger partial charge in [0, 0.05) is 51.2 Å². The summed E-state index contributed by atoms with van der Waals surface area (Å²) in [5.41, 5.74) is 1.02. The summed E-state index contributed by atoms with van der Waals surface area (Å²) in [6.07, 6.45) is 3.09. The van der Waals surface area contributed by atoms with Gasteiger partial charge in [0.05, 0.1) is 29.0 Å². The number of methoxy groups -OCH3 is 1. The minimum Gasteiger partial charge on any atom is -0.491 e. The number of amides is 2. The second-order valence-corrected chi connectivity index (χ2v) is 12.1. The Bertz CT molecular complexity index is 1520. The molecule has 2 heterocycles. The Labute approximate surface area is 245 Å². The molecule has 1 aliphatic heterocycles. The van der Waals surface area contributed by atoms with Gasteiger partial charge < -0.3 is 19.3 Å². The first kappa shape index (κ1) is 30.9. The summed E-state index contributed by atoms with van der Waals surface area (Å²) in [5, 5.41) is 0. The molecule has 1 aromatic heterocycles. The first-order chi connectivity index (χ1) is 20.0. The summed E-state index contributed by atoms with van der Waals surface area (Å²) in [6, 6.07) is 12.3. The molecule has 0 spiro atoms. The molecule has 2 amide bonds. The van der Waals surface area contributed by atoms with Crippen molar-refractivity contribution in [1.29, 1.82) is 0 Å². The second-order valence-electron chi connectivity index (χ2n) is 10.5. The van der Waals surface area contributed by atoms with E-state index in [4.69, 9.17) is 9.47 Å². The molecule has 2 aromatic carbocycles. The summed E-state index contributed by atoms with van der Waals surface area (Å²) < 4.78 is 53.7. The first-order valence-electron chi connectivity index (χ1n) is 13.5. The molecular formula is C30H35FN4O6S. The average molecular weight is 599 g/mol. The highest BCUT2D eigenvalue weighted by molar-refractivity contribution is 7.92. The van der Waals surface area contributed by atoms with Gasteiger partial charge in [-0.2, -0.15) is 0 Å². The van der Waals surface area contributed by atoms with Gasteiger partial charge in [0.2, 0.25) is 5.91 Å². The molecule has 0 bridgehead atoms. The fraction of sp³-hybridized carbons (Fsp3) is 0.367. The molecule has 3 atom stereocenters. The second kappa shape index (κ2) is 13.3. The van der Waals surface area contributed by atoms with Crippen LogP contribution >= 0.6 is 0 Å². The van der Waals surface area contributed by atoms with Crippen molar-refractivity contribution in [2.75, 3.05) is 38.6 Å². The van der Waals surface area contributed by atoms with Gasteiger partial charge in [-0.1, -0.05) is 19.1 Å². The molecule has 0 saturated carbocycles. The number of sulfonamides is 1. The van der Waals surface area contributed by atoms with Gasteiger partial charge in [-0.25, -0.2) is 12.8 Å². The molecule has 3 aromatic rings. The van der Waals surface area contributed by atoms with E-state index in [2.05, 4.69) is 9.71 Å². The number of pyridine rings is 1. The number of fused-ring (bicyclic) bond motifs is 1. The van der Waals surface area contributed by atoms with Crippen LogP contribution in [-0.2, 0) is 26.0 Å². The van der Waals surface area contributed by atoms with Crippen LogP contribution in [0.25, 0.3) is 0 Å². The quantitative estimate of drug-likeness (QED) is 0.461. The van der Waals surface area contributed by atoms with Crippen molar-refractivity contribution in [3.63, 3.8) is 0 Å². The third-order valence-electron chi connectivity index (χ3n) is 7.20. The summed E-state index contributed by atoms with van der Waals surface area (Å²) in [4.78, 5) is 34.2. The number of nitrogens with zero attached hydrogens (tertiary/aromatic N) is 3. The predicted molar refractivity (Wildman–Crippen MR) is 155 cm³/mol. The Kier molecular flexibility index (Phi) is 9.79. The fourth-order valence-electron chi connectivity index (χ4n) is 4.81. The number of anilines is 1. The van der Waals surface area contributed by atoms with Crippen LogP contribution in [-0.4, -0.2) is 81.0 Å². The van der Waals surface area contributed by atoms with Crippen molar-refractivity contribution in [2.45, 2.75) is 37.3 Å². The lowest BCUT2D eigenvalue weighted by Gasteiger charge is -2.36. The van der Waals surface area contributed by atoms with Crippen molar-refractivity contribution in [3.8, 4) is 5.75 Å². The Hall–Kier alpha value is -4.03. The van der Waals surface area contributed by atoms with E-state index < -0.39 is 27.9 Å². The van der Waals surface area contributed by atoms with Crippen LogP contribution < -0.4 is 9.46 Å². The van der Waals surface area contributed by atoms with Crippen molar-refractivity contribution >= 4 is 27.5 Å². The lowest BCUT2D eigenvalue weighted by Crippen LogP contribution is -2.49. The van der Waals surface area contributed by atoms with E-state index >= 15 is 0 Å². The lowest BCUT2D eigenvalue weighted by atomic mass is 10.0. The molecular weight excluding hydrogens is 563 g/mol.